The average Bonchev–Trinajstić information content (AvgIpc) is 3.32. The van der Waals surface area contributed by atoms with E-state index in [2.05, 4.69) is 20.5 Å². The number of piperidine rings is 1. The van der Waals surface area contributed by atoms with Gasteiger partial charge in [0.2, 0.25) is 11.7 Å². The molecule has 0 aliphatic carbocycles. The number of carbonyl (C=O) groups excluding carboxylic acids is 1. The summed E-state index contributed by atoms with van der Waals surface area (Å²) in [5.41, 5.74) is 0.473. The maximum absolute atomic E-state index is 14.0. The lowest BCUT2D eigenvalue weighted by Crippen LogP contribution is -2.41. The molecule has 27 heavy (non-hydrogen) atoms. The Balaban J connectivity index is 1.52. The third kappa shape index (κ3) is 3.55. The Morgan fingerprint density at radius 2 is 2.26 bits per heavy atom. The van der Waals surface area contributed by atoms with E-state index in [1.165, 1.54) is 18.2 Å². The Labute approximate surface area is 158 Å². The zero-order valence-electron chi connectivity index (χ0n) is 14.5. The molecule has 1 aliphatic heterocycles. The van der Waals surface area contributed by atoms with E-state index >= 15 is 0 Å². The Bertz CT molecular complexity index is 987. The molecule has 140 valence electrons. The lowest BCUT2D eigenvalue weighted by Gasteiger charge is -2.32. The molecule has 1 saturated heterocycles. The Morgan fingerprint density at radius 1 is 1.41 bits per heavy atom. The number of nitrogens with zero attached hydrogens (tertiary/aromatic N) is 6. The SMILES string of the molecule is Cc1nc(-c2cn(C3CCCN(C(=O)c4cc(Cl)ccc4F)C3)nn2)no1. The van der Waals surface area contributed by atoms with Crippen LogP contribution in [0.1, 0.15) is 35.1 Å². The maximum atomic E-state index is 14.0. The van der Waals surface area contributed by atoms with Crippen molar-refractivity contribution >= 4 is 17.5 Å². The van der Waals surface area contributed by atoms with E-state index in [0.29, 0.717) is 35.5 Å². The second-order valence-electron chi connectivity index (χ2n) is 6.39. The van der Waals surface area contributed by atoms with Crippen LogP contribution in [0.4, 0.5) is 4.39 Å². The van der Waals surface area contributed by atoms with Crippen LogP contribution in [-0.4, -0.2) is 49.0 Å². The van der Waals surface area contributed by atoms with Crippen molar-refractivity contribution in [2.75, 3.05) is 13.1 Å². The summed E-state index contributed by atoms with van der Waals surface area (Å²) in [6, 6.07) is 3.91. The van der Waals surface area contributed by atoms with Gasteiger partial charge in [0.1, 0.15) is 5.82 Å². The predicted octanol–water partition coefficient (Wildman–Crippen LogP) is 2.91. The first-order valence-corrected chi connectivity index (χ1v) is 8.86. The molecule has 0 bridgehead atoms. The first kappa shape index (κ1) is 17.6. The lowest BCUT2D eigenvalue weighted by molar-refractivity contribution is 0.0667. The fraction of sp³-hybridized carbons (Fsp3) is 0.353. The molecule has 8 nitrogen and oxygen atoms in total. The second kappa shape index (κ2) is 7.07. The van der Waals surface area contributed by atoms with Gasteiger partial charge in [-0.15, -0.1) is 5.10 Å². The summed E-state index contributed by atoms with van der Waals surface area (Å²) in [5.74, 6) is -0.156. The van der Waals surface area contributed by atoms with E-state index in [9.17, 15) is 9.18 Å². The van der Waals surface area contributed by atoms with Crippen LogP contribution in [0.2, 0.25) is 5.02 Å². The molecule has 3 heterocycles. The van der Waals surface area contributed by atoms with Crippen molar-refractivity contribution in [3.63, 3.8) is 0 Å². The van der Waals surface area contributed by atoms with Gasteiger partial charge >= 0.3 is 0 Å². The summed E-state index contributed by atoms with van der Waals surface area (Å²) in [4.78, 5) is 18.5. The smallest absolute Gasteiger partial charge is 0.256 e. The van der Waals surface area contributed by atoms with Gasteiger partial charge in [0, 0.05) is 25.0 Å². The number of likely N-dealkylation sites (tertiary alicyclic amines) is 1. The summed E-state index contributed by atoms with van der Waals surface area (Å²) < 4.78 is 20.7. The maximum Gasteiger partial charge on any atom is 0.256 e. The highest BCUT2D eigenvalue weighted by atomic mass is 35.5. The molecule has 2 aromatic heterocycles. The lowest BCUT2D eigenvalue weighted by atomic mass is 10.0. The minimum Gasteiger partial charge on any atom is -0.339 e. The quantitative estimate of drug-likeness (QED) is 0.683. The summed E-state index contributed by atoms with van der Waals surface area (Å²) in [6.07, 6.45) is 3.33. The molecule has 4 rings (SSSR count). The monoisotopic (exact) mass is 390 g/mol. The normalized spacial score (nSPS) is 17.3. The summed E-state index contributed by atoms with van der Waals surface area (Å²) >= 11 is 5.91. The summed E-state index contributed by atoms with van der Waals surface area (Å²) in [5, 5.41) is 12.4. The molecule has 10 heteroatoms. The number of amides is 1. The third-order valence-electron chi connectivity index (χ3n) is 4.48. The van der Waals surface area contributed by atoms with Crippen LogP contribution in [0.5, 0.6) is 0 Å². The molecule has 0 saturated carbocycles. The Morgan fingerprint density at radius 3 is 3.04 bits per heavy atom. The molecule has 1 aromatic carbocycles. The van der Waals surface area contributed by atoms with E-state index in [-0.39, 0.29) is 17.5 Å². The van der Waals surface area contributed by atoms with Crippen LogP contribution in [0.15, 0.2) is 28.9 Å². The zero-order chi connectivity index (χ0) is 19.0. The second-order valence-corrected chi connectivity index (χ2v) is 6.83. The minimum absolute atomic E-state index is 0.0234. The van der Waals surface area contributed by atoms with Gasteiger partial charge in [0.15, 0.2) is 5.69 Å². The standard InChI is InChI=1S/C17H16ClFN6O2/c1-10-20-16(22-27-10)15-9-25(23-21-15)12-3-2-6-24(8-12)17(26)13-7-11(18)4-5-14(13)19/h4-5,7,9,12H,2-3,6,8H2,1H3. The number of halogens is 2. The van der Waals surface area contributed by atoms with Crippen LogP contribution >= 0.6 is 11.6 Å². The number of carbonyl (C=O) groups is 1. The first-order valence-electron chi connectivity index (χ1n) is 8.48. The average molecular weight is 391 g/mol. The minimum atomic E-state index is -0.581. The topological polar surface area (TPSA) is 89.9 Å². The molecular weight excluding hydrogens is 375 g/mol. The van der Waals surface area contributed by atoms with Gasteiger partial charge in [0.05, 0.1) is 17.8 Å². The molecule has 0 radical (unpaired) electrons. The van der Waals surface area contributed by atoms with Crippen LogP contribution in [0.3, 0.4) is 0 Å². The van der Waals surface area contributed by atoms with Gasteiger partial charge in [-0.05, 0) is 31.0 Å². The van der Waals surface area contributed by atoms with Gasteiger partial charge < -0.3 is 9.42 Å². The van der Waals surface area contributed by atoms with E-state index in [4.69, 9.17) is 16.1 Å². The van der Waals surface area contributed by atoms with E-state index < -0.39 is 5.82 Å². The largest absolute Gasteiger partial charge is 0.339 e. The van der Waals surface area contributed by atoms with Gasteiger partial charge in [-0.1, -0.05) is 22.0 Å². The van der Waals surface area contributed by atoms with Crippen LogP contribution in [0, 0.1) is 12.7 Å². The van der Waals surface area contributed by atoms with E-state index in [0.717, 1.165) is 12.8 Å². The van der Waals surface area contributed by atoms with Crippen molar-refractivity contribution in [3.05, 3.63) is 46.7 Å². The molecule has 3 aromatic rings. The van der Waals surface area contributed by atoms with E-state index in [1.54, 1.807) is 22.7 Å². The van der Waals surface area contributed by atoms with Gasteiger partial charge in [-0.25, -0.2) is 9.07 Å². The van der Waals surface area contributed by atoms with Crippen molar-refractivity contribution in [2.24, 2.45) is 0 Å². The zero-order valence-corrected chi connectivity index (χ0v) is 15.2. The number of hydrogen-bond acceptors (Lipinski definition) is 6. The van der Waals surface area contributed by atoms with Crippen molar-refractivity contribution in [1.82, 2.24) is 30.0 Å². The molecular formula is C17H16ClFN6O2. The highest BCUT2D eigenvalue weighted by molar-refractivity contribution is 6.31. The number of aryl methyl sites for hydroxylation is 1. The molecule has 1 aliphatic rings. The summed E-state index contributed by atoms with van der Waals surface area (Å²) in [7, 11) is 0. The highest BCUT2D eigenvalue weighted by Gasteiger charge is 2.28. The van der Waals surface area contributed by atoms with Crippen molar-refractivity contribution in [3.8, 4) is 11.5 Å². The predicted molar refractivity (Wildman–Crippen MR) is 93.6 cm³/mol. The molecule has 1 unspecified atom stereocenters. The fourth-order valence-corrected chi connectivity index (χ4v) is 3.32. The van der Waals surface area contributed by atoms with Gasteiger partial charge in [-0.3, -0.25) is 4.79 Å². The summed E-state index contributed by atoms with van der Waals surface area (Å²) in [6.45, 7) is 2.65. The Hall–Kier alpha value is -2.81. The fourth-order valence-electron chi connectivity index (χ4n) is 3.15. The van der Waals surface area contributed by atoms with Gasteiger partial charge in [-0.2, -0.15) is 4.98 Å². The van der Waals surface area contributed by atoms with E-state index in [1.807, 2.05) is 0 Å². The number of benzene rings is 1. The number of hydrogen-bond donors (Lipinski definition) is 0. The molecule has 1 amide bonds. The molecule has 1 fully saturated rings. The van der Waals surface area contributed by atoms with Crippen LogP contribution in [0.25, 0.3) is 11.5 Å². The molecule has 1 atom stereocenters. The molecule has 0 spiro atoms. The Kier molecular flexibility index (Phi) is 4.61. The van der Waals surface area contributed by atoms with Gasteiger partial charge in [0.25, 0.3) is 5.91 Å². The number of aromatic nitrogens is 5. The highest BCUT2D eigenvalue weighted by Crippen LogP contribution is 2.25. The van der Waals surface area contributed by atoms with Crippen LogP contribution in [-0.2, 0) is 0 Å². The number of rotatable bonds is 3. The van der Waals surface area contributed by atoms with Crippen LogP contribution < -0.4 is 0 Å². The van der Waals surface area contributed by atoms with Crippen molar-refractivity contribution < 1.29 is 13.7 Å². The first-order chi connectivity index (χ1) is 13.0. The molecule has 0 N–H and O–H groups in total. The van der Waals surface area contributed by atoms with Crippen molar-refractivity contribution in [2.45, 2.75) is 25.8 Å². The third-order valence-corrected chi connectivity index (χ3v) is 4.72. The van der Waals surface area contributed by atoms with Crippen molar-refractivity contribution in [1.29, 1.82) is 0 Å².